The maximum atomic E-state index is 12.7. The van der Waals surface area contributed by atoms with Crippen LogP contribution in [0.2, 0.25) is 0 Å². The predicted octanol–water partition coefficient (Wildman–Crippen LogP) is 3.52. The Morgan fingerprint density at radius 3 is 2.29 bits per heavy atom. The number of hydrogen-bond donors (Lipinski definition) is 2. The molecule has 9 nitrogen and oxygen atoms in total. The van der Waals surface area contributed by atoms with Gasteiger partial charge < -0.3 is 5.11 Å². The van der Waals surface area contributed by atoms with Crippen molar-refractivity contribution in [3.8, 4) is 11.6 Å². The Morgan fingerprint density at radius 2 is 1.68 bits per heavy atom. The molecular weight excluding hydrogens is 502 g/mol. The fraction of sp³-hybridized carbons (Fsp3) is 0.250. The van der Waals surface area contributed by atoms with Crippen LogP contribution in [0.1, 0.15) is 30.5 Å². The Morgan fingerprint density at radius 1 is 1.03 bits per heavy atom. The zero-order valence-corrected chi connectivity index (χ0v) is 20.8. The molecule has 34 heavy (non-hydrogen) atoms. The van der Waals surface area contributed by atoms with E-state index in [2.05, 4.69) is 25.9 Å². The summed E-state index contributed by atoms with van der Waals surface area (Å²) < 4.78 is 4.99. The maximum absolute atomic E-state index is 12.7. The van der Waals surface area contributed by atoms with Crippen LogP contribution in [0.4, 0.5) is 5.69 Å². The molecule has 0 radical (unpaired) electrons. The summed E-state index contributed by atoms with van der Waals surface area (Å²) in [5.74, 6) is -0.510. The van der Waals surface area contributed by atoms with Gasteiger partial charge in [-0.05, 0) is 67.4 Å². The molecule has 0 spiro atoms. The summed E-state index contributed by atoms with van der Waals surface area (Å²) in [6.45, 7) is 8.55. The van der Waals surface area contributed by atoms with Crippen molar-refractivity contribution in [1.29, 1.82) is 0 Å². The van der Waals surface area contributed by atoms with Gasteiger partial charge in [-0.15, -0.1) is 0 Å². The number of aliphatic imine (C=N–C) groups is 1. The van der Waals surface area contributed by atoms with Gasteiger partial charge in [-0.25, -0.2) is 14.2 Å². The van der Waals surface area contributed by atoms with Crippen LogP contribution >= 0.6 is 15.9 Å². The smallest absolute Gasteiger partial charge is 0.335 e. The zero-order chi connectivity index (χ0) is 24.7. The third-order valence-electron chi connectivity index (χ3n) is 5.77. The second-order valence-electron chi connectivity index (χ2n) is 7.94. The van der Waals surface area contributed by atoms with E-state index >= 15 is 0 Å². The molecule has 2 aromatic heterocycles. The van der Waals surface area contributed by atoms with Crippen LogP contribution < -0.4 is 16.9 Å². The summed E-state index contributed by atoms with van der Waals surface area (Å²) >= 11 is 3.48. The van der Waals surface area contributed by atoms with Crippen molar-refractivity contribution in [1.82, 2.24) is 18.7 Å². The van der Waals surface area contributed by atoms with Gasteiger partial charge in [0.25, 0.3) is 5.56 Å². The lowest BCUT2D eigenvalue weighted by Crippen LogP contribution is -2.31. The molecule has 0 amide bonds. The minimum Gasteiger partial charge on any atom is -0.493 e. The topological polar surface area (TPSA) is 114 Å². The summed E-state index contributed by atoms with van der Waals surface area (Å²) in [5.41, 5.74) is 2.39. The Hall–Kier alpha value is -3.66. The van der Waals surface area contributed by atoms with E-state index in [1.54, 1.807) is 27.3 Å². The first kappa shape index (κ1) is 23.5. The second kappa shape index (κ2) is 8.94. The van der Waals surface area contributed by atoms with E-state index < -0.39 is 17.1 Å². The Bertz CT molecular complexity index is 1640. The van der Waals surface area contributed by atoms with E-state index in [0.29, 0.717) is 34.5 Å². The van der Waals surface area contributed by atoms with Crippen LogP contribution in [0.15, 0.2) is 54.2 Å². The lowest BCUT2D eigenvalue weighted by molar-refractivity contribution is 0.430. The number of hydrogen-bond acceptors (Lipinski definition) is 5. The van der Waals surface area contributed by atoms with E-state index in [1.807, 2.05) is 39.8 Å². The van der Waals surface area contributed by atoms with Crippen molar-refractivity contribution < 1.29 is 5.11 Å². The van der Waals surface area contributed by atoms with Crippen LogP contribution in [-0.2, 0) is 13.1 Å². The number of aryl methyl sites for hydroxylation is 4. The number of imidazole rings is 1. The molecule has 0 aliphatic rings. The van der Waals surface area contributed by atoms with Crippen molar-refractivity contribution >= 4 is 38.9 Å². The molecule has 0 unspecified atom stereocenters. The number of aromatic amines is 1. The molecule has 0 aliphatic heterocycles. The number of fused-ring (bicyclic) bond motifs is 1. The Kier molecular flexibility index (Phi) is 6.18. The molecule has 2 heterocycles. The third kappa shape index (κ3) is 3.83. The van der Waals surface area contributed by atoms with Crippen molar-refractivity contribution in [2.75, 3.05) is 0 Å². The summed E-state index contributed by atoms with van der Waals surface area (Å²) in [5, 5.41) is 10.9. The number of rotatable bonds is 5. The maximum Gasteiger partial charge on any atom is 0.335 e. The largest absolute Gasteiger partial charge is 0.493 e. The van der Waals surface area contributed by atoms with Crippen molar-refractivity contribution in [3.05, 3.63) is 82.8 Å². The number of aromatic hydroxyl groups is 1. The van der Waals surface area contributed by atoms with E-state index in [4.69, 9.17) is 0 Å². The summed E-state index contributed by atoms with van der Waals surface area (Å²) in [6.07, 6.45) is 1.21. The monoisotopic (exact) mass is 525 g/mol. The third-order valence-corrected chi connectivity index (χ3v) is 6.40. The van der Waals surface area contributed by atoms with Gasteiger partial charge in [-0.2, -0.15) is 0 Å². The highest BCUT2D eigenvalue weighted by Crippen LogP contribution is 2.31. The van der Waals surface area contributed by atoms with E-state index in [1.165, 1.54) is 6.21 Å². The normalized spacial score (nSPS) is 11.7. The summed E-state index contributed by atoms with van der Waals surface area (Å²) in [7, 11) is 0. The quantitative estimate of drug-likeness (QED) is 0.388. The van der Waals surface area contributed by atoms with E-state index in [0.717, 1.165) is 21.2 Å². The molecule has 0 saturated heterocycles. The van der Waals surface area contributed by atoms with Gasteiger partial charge in [0.05, 0.1) is 22.4 Å². The van der Waals surface area contributed by atoms with Crippen LogP contribution in [0, 0.1) is 13.8 Å². The highest BCUT2D eigenvalue weighted by molar-refractivity contribution is 9.10. The van der Waals surface area contributed by atoms with Gasteiger partial charge in [0.15, 0.2) is 0 Å². The molecule has 2 N–H and O–H groups in total. The van der Waals surface area contributed by atoms with Gasteiger partial charge in [0.1, 0.15) is 5.56 Å². The molecule has 0 aliphatic carbocycles. The first-order chi connectivity index (χ1) is 16.2. The highest BCUT2D eigenvalue weighted by atomic mass is 79.9. The van der Waals surface area contributed by atoms with Crippen LogP contribution in [0.5, 0.6) is 5.88 Å². The van der Waals surface area contributed by atoms with Gasteiger partial charge in [-0.3, -0.25) is 23.9 Å². The van der Waals surface area contributed by atoms with Crippen molar-refractivity contribution in [3.63, 3.8) is 0 Å². The van der Waals surface area contributed by atoms with Crippen molar-refractivity contribution in [2.24, 2.45) is 4.99 Å². The molecule has 10 heteroatoms. The van der Waals surface area contributed by atoms with E-state index in [9.17, 15) is 19.5 Å². The molecule has 2 aromatic carbocycles. The number of aromatic nitrogens is 4. The van der Waals surface area contributed by atoms with E-state index in [-0.39, 0.29) is 11.3 Å². The minimum atomic E-state index is -0.757. The van der Waals surface area contributed by atoms with Gasteiger partial charge >= 0.3 is 11.4 Å². The first-order valence-electron chi connectivity index (χ1n) is 10.8. The number of benzene rings is 2. The minimum absolute atomic E-state index is 0.109. The lowest BCUT2D eigenvalue weighted by Gasteiger charge is -2.12. The zero-order valence-electron chi connectivity index (χ0n) is 19.2. The van der Waals surface area contributed by atoms with Gasteiger partial charge in [0, 0.05) is 23.8 Å². The van der Waals surface area contributed by atoms with Crippen molar-refractivity contribution in [2.45, 2.75) is 40.8 Å². The molecule has 0 saturated carbocycles. The molecule has 0 bridgehead atoms. The van der Waals surface area contributed by atoms with Crippen LogP contribution in [0.3, 0.4) is 0 Å². The molecule has 0 atom stereocenters. The first-order valence-corrected chi connectivity index (χ1v) is 11.6. The summed E-state index contributed by atoms with van der Waals surface area (Å²) in [6, 6.07) is 8.95. The Balaban J connectivity index is 1.88. The van der Waals surface area contributed by atoms with Crippen LogP contribution in [-0.4, -0.2) is 30.0 Å². The van der Waals surface area contributed by atoms with Gasteiger partial charge in [0.2, 0.25) is 5.88 Å². The molecule has 0 fully saturated rings. The number of halogens is 1. The average Bonchev–Trinajstić information content (AvgIpc) is 3.03. The van der Waals surface area contributed by atoms with Crippen LogP contribution in [0.25, 0.3) is 16.7 Å². The number of nitrogens with zero attached hydrogens (tertiary/aromatic N) is 4. The molecular formula is C24H24BrN5O4. The fourth-order valence-electron chi connectivity index (χ4n) is 4.10. The Labute approximate surface area is 202 Å². The fourth-order valence-corrected chi connectivity index (χ4v) is 4.54. The lowest BCUT2D eigenvalue weighted by atomic mass is 10.1. The molecule has 4 rings (SSSR count). The SMILES string of the molecule is CCn1c(=O)n(CC)c2cc(N=Cc3c(O)n(-c4ccc(C)cc4C)c(=O)[nH]c3=O)c(Br)cc21. The number of nitrogens with one attached hydrogen (secondary N) is 1. The summed E-state index contributed by atoms with van der Waals surface area (Å²) in [4.78, 5) is 44.3. The molecule has 4 aromatic rings. The predicted molar refractivity (Wildman–Crippen MR) is 136 cm³/mol. The highest BCUT2D eigenvalue weighted by Gasteiger charge is 2.17. The number of H-pyrrole nitrogens is 1. The van der Waals surface area contributed by atoms with Gasteiger partial charge in [-0.1, -0.05) is 17.7 Å². The standard InChI is InChI=1S/C24H24BrN5O4/c1-5-28-19-10-16(25)17(11-20(19)29(6-2)24(28)34)26-12-15-21(31)27-23(33)30(22(15)32)18-8-7-13(3)9-14(18)4/h7-12,32H,5-6H2,1-4H3,(H,27,31,33). The second-order valence-corrected chi connectivity index (χ2v) is 8.80. The average molecular weight is 526 g/mol. The molecule has 176 valence electrons.